The van der Waals surface area contributed by atoms with Crippen molar-refractivity contribution in [1.82, 2.24) is 9.97 Å². The maximum Gasteiger partial charge on any atom is 0.158 e. The summed E-state index contributed by atoms with van der Waals surface area (Å²) in [5.74, 6) is 0.413. The Hall–Kier alpha value is -1.01. The Bertz CT molecular complexity index is 421. The summed E-state index contributed by atoms with van der Waals surface area (Å²) in [6, 6.07) is 0. The topological polar surface area (TPSA) is 69.2 Å². The fourth-order valence-corrected chi connectivity index (χ4v) is 1.77. The lowest BCUT2D eigenvalue weighted by molar-refractivity contribution is 0.00191. The van der Waals surface area contributed by atoms with Gasteiger partial charge in [0.1, 0.15) is 16.8 Å². The summed E-state index contributed by atoms with van der Waals surface area (Å²) in [6.45, 7) is 7.18. The van der Waals surface area contributed by atoms with Gasteiger partial charge < -0.3 is 4.74 Å². The Morgan fingerprint density at radius 1 is 1.18 bits per heavy atom. The molecule has 0 saturated heterocycles. The van der Waals surface area contributed by atoms with Crippen LogP contribution in [0.15, 0.2) is 12.4 Å². The Morgan fingerprint density at radius 2 is 1.71 bits per heavy atom. The second kappa shape index (κ2) is 6.07. The van der Waals surface area contributed by atoms with E-state index in [1.165, 1.54) is 0 Å². The Kier molecular flexibility index (Phi) is 5.02. The molecule has 0 N–H and O–H groups in total. The molecule has 0 unspecified atom stereocenters. The van der Waals surface area contributed by atoms with Gasteiger partial charge in [-0.15, -0.1) is 0 Å². The van der Waals surface area contributed by atoms with E-state index in [-0.39, 0.29) is 6.10 Å². The van der Waals surface area contributed by atoms with Crippen LogP contribution in [0.4, 0.5) is 0 Å². The molecule has 96 valence electrons. The quantitative estimate of drug-likeness (QED) is 0.805. The molecule has 0 fully saturated rings. The maximum absolute atomic E-state index is 11.1. The molecule has 0 saturated carbocycles. The van der Waals surface area contributed by atoms with Crippen molar-refractivity contribution >= 4 is 10.7 Å². The van der Waals surface area contributed by atoms with E-state index in [0.29, 0.717) is 5.82 Å². The molecule has 0 radical (unpaired) electrons. The first-order chi connectivity index (χ1) is 7.91. The van der Waals surface area contributed by atoms with Crippen LogP contribution in [0, 0.1) is 6.92 Å². The molecule has 1 aromatic heterocycles. The van der Waals surface area contributed by atoms with E-state index in [1.807, 2.05) is 20.8 Å². The highest BCUT2D eigenvalue weighted by atomic mass is 32.2. The zero-order valence-corrected chi connectivity index (χ0v) is 11.3. The van der Waals surface area contributed by atoms with Gasteiger partial charge in [0.15, 0.2) is 5.82 Å². The monoisotopic (exact) mass is 258 g/mol. The zero-order valence-electron chi connectivity index (χ0n) is 10.5. The number of rotatable bonds is 5. The average Bonchev–Trinajstić information content (AvgIpc) is 2.26. The second-order valence-corrected chi connectivity index (χ2v) is 5.64. The predicted octanol–water partition coefficient (Wildman–Crippen LogP) is 1.25. The molecule has 0 aromatic carbocycles. The van der Waals surface area contributed by atoms with Crippen LogP contribution < -0.4 is 0 Å². The maximum atomic E-state index is 11.1. The van der Waals surface area contributed by atoms with Crippen molar-refractivity contribution in [2.24, 2.45) is 0 Å². The van der Waals surface area contributed by atoms with Crippen LogP contribution in [0.5, 0.6) is 0 Å². The van der Waals surface area contributed by atoms with Gasteiger partial charge in [0.25, 0.3) is 0 Å². The summed E-state index contributed by atoms with van der Waals surface area (Å²) >= 11 is 0. The van der Waals surface area contributed by atoms with Gasteiger partial charge in [0.2, 0.25) is 0 Å². The molecule has 6 heteroatoms. The highest BCUT2D eigenvalue weighted by molar-refractivity contribution is 7.73. The fraction of sp³-hybridized carbons (Fsp3) is 0.636. The van der Waals surface area contributed by atoms with E-state index < -0.39 is 22.1 Å². The van der Waals surface area contributed by atoms with Gasteiger partial charge in [0, 0.05) is 12.4 Å². The Labute approximate surface area is 103 Å². The van der Waals surface area contributed by atoms with Crippen LogP contribution in [0.25, 0.3) is 0 Å². The third kappa shape index (κ3) is 4.05. The first-order valence-corrected chi connectivity index (χ1v) is 6.74. The molecular weight excluding hydrogens is 240 g/mol. The first kappa shape index (κ1) is 14.1. The molecule has 17 heavy (non-hydrogen) atoms. The summed E-state index contributed by atoms with van der Waals surface area (Å²) < 4.78 is 27.7. The van der Waals surface area contributed by atoms with Crippen molar-refractivity contribution in [3.8, 4) is 0 Å². The largest absolute Gasteiger partial charge is 0.366 e. The van der Waals surface area contributed by atoms with Crippen molar-refractivity contribution in [3.63, 3.8) is 0 Å². The van der Waals surface area contributed by atoms with Crippen LogP contribution in [-0.4, -0.2) is 29.7 Å². The van der Waals surface area contributed by atoms with Gasteiger partial charge in [-0.2, -0.15) is 0 Å². The summed E-state index contributed by atoms with van der Waals surface area (Å²) in [5, 5.41) is -0.643. The van der Waals surface area contributed by atoms with E-state index in [1.54, 1.807) is 19.3 Å². The van der Waals surface area contributed by atoms with Crippen LogP contribution in [0.3, 0.4) is 0 Å². The summed E-state index contributed by atoms with van der Waals surface area (Å²) in [5.41, 5.74) is 0.927. The van der Waals surface area contributed by atoms with E-state index >= 15 is 0 Å². The normalized spacial score (nSPS) is 15.2. The molecule has 0 aliphatic heterocycles. The fourth-order valence-electron chi connectivity index (χ4n) is 1.34. The smallest absolute Gasteiger partial charge is 0.158 e. The standard InChI is InChI=1S/C11H18N2O3S/c1-7(2)16-10(9(4)17(14)15)11-12-5-8(3)6-13-11/h5-7,9-10,17H,1-4H3/t9-,10-/m0/s1. The van der Waals surface area contributed by atoms with Crippen molar-refractivity contribution < 1.29 is 13.2 Å². The molecule has 2 atom stereocenters. The SMILES string of the molecule is Cc1cnc([C@@H](OC(C)C)[C@H](C)[SH](=O)=O)nc1. The number of hydrogen-bond acceptors (Lipinski definition) is 5. The Morgan fingerprint density at radius 3 is 2.12 bits per heavy atom. The van der Waals surface area contributed by atoms with Crippen LogP contribution >= 0.6 is 0 Å². The van der Waals surface area contributed by atoms with E-state index in [0.717, 1.165) is 5.56 Å². The van der Waals surface area contributed by atoms with Gasteiger partial charge in [-0.05, 0) is 33.3 Å². The molecule has 0 spiro atoms. The number of ether oxygens (including phenoxy) is 1. The van der Waals surface area contributed by atoms with Gasteiger partial charge in [-0.1, -0.05) is 0 Å². The number of aromatic nitrogens is 2. The van der Waals surface area contributed by atoms with Gasteiger partial charge in [-0.3, -0.25) is 0 Å². The molecule has 1 heterocycles. The summed E-state index contributed by atoms with van der Waals surface area (Å²) in [7, 11) is -2.57. The van der Waals surface area contributed by atoms with Gasteiger partial charge in [0.05, 0.1) is 11.4 Å². The zero-order chi connectivity index (χ0) is 13.0. The van der Waals surface area contributed by atoms with Crippen LogP contribution in [-0.2, 0) is 15.4 Å². The summed E-state index contributed by atoms with van der Waals surface area (Å²) in [4.78, 5) is 8.26. The Balaban J connectivity index is 3.01. The molecule has 0 aliphatic carbocycles. The highest BCUT2D eigenvalue weighted by Crippen LogP contribution is 2.21. The van der Waals surface area contributed by atoms with E-state index in [4.69, 9.17) is 4.74 Å². The molecule has 1 aromatic rings. The highest BCUT2D eigenvalue weighted by Gasteiger charge is 2.26. The first-order valence-electron chi connectivity index (χ1n) is 5.49. The molecule has 0 bridgehead atoms. The molecule has 0 aliphatic rings. The molecule has 5 nitrogen and oxygen atoms in total. The van der Waals surface area contributed by atoms with E-state index in [9.17, 15) is 8.42 Å². The molecular formula is C11H18N2O3S. The van der Waals surface area contributed by atoms with Crippen molar-refractivity contribution in [3.05, 3.63) is 23.8 Å². The average molecular weight is 258 g/mol. The minimum absolute atomic E-state index is 0.0812. The third-order valence-electron chi connectivity index (χ3n) is 2.24. The lowest BCUT2D eigenvalue weighted by Gasteiger charge is -2.21. The van der Waals surface area contributed by atoms with Crippen molar-refractivity contribution in [2.75, 3.05) is 0 Å². The van der Waals surface area contributed by atoms with Crippen LogP contribution in [0.2, 0.25) is 0 Å². The van der Waals surface area contributed by atoms with Crippen LogP contribution in [0.1, 0.15) is 38.3 Å². The summed E-state index contributed by atoms with van der Waals surface area (Å²) in [6.07, 6.45) is 2.62. The van der Waals surface area contributed by atoms with E-state index in [2.05, 4.69) is 9.97 Å². The minimum atomic E-state index is -2.57. The van der Waals surface area contributed by atoms with Crippen molar-refractivity contribution in [2.45, 2.75) is 45.2 Å². The van der Waals surface area contributed by atoms with Crippen molar-refractivity contribution in [1.29, 1.82) is 0 Å². The molecule has 1 rings (SSSR count). The number of hydrogen-bond donors (Lipinski definition) is 1. The number of aryl methyl sites for hydroxylation is 1. The number of nitrogens with zero attached hydrogens (tertiary/aromatic N) is 2. The third-order valence-corrected chi connectivity index (χ3v) is 3.18. The predicted molar refractivity (Wildman–Crippen MR) is 65.5 cm³/mol. The molecule has 0 amide bonds. The van der Waals surface area contributed by atoms with Gasteiger partial charge in [-0.25, -0.2) is 18.4 Å². The minimum Gasteiger partial charge on any atom is -0.366 e. The lowest BCUT2D eigenvalue weighted by atomic mass is 10.2. The van der Waals surface area contributed by atoms with Gasteiger partial charge >= 0.3 is 0 Å². The number of thiol groups is 1. The second-order valence-electron chi connectivity index (χ2n) is 4.25. The lowest BCUT2D eigenvalue weighted by Crippen LogP contribution is -2.24.